The fourth-order valence-electron chi connectivity index (χ4n) is 2.17. The highest BCUT2D eigenvalue weighted by molar-refractivity contribution is 8.14. The van der Waals surface area contributed by atoms with Gasteiger partial charge in [-0.25, -0.2) is 13.4 Å². The molecule has 0 aliphatic carbocycles. The van der Waals surface area contributed by atoms with Gasteiger partial charge in [0.05, 0.1) is 10.2 Å². The summed E-state index contributed by atoms with van der Waals surface area (Å²) in [4.78, 5) is 17.5. The molecule has 2 aromatic rings. The van der Waals surface area contributed by atoms with Gasteiger partial charge in [-0.1, -0.05) is 11.6 Å². The number of hydrogen-bond donors (Lipinski definition) is 0. The topological polar surface area (TPSA) is 67.3 Å². The number of nitrogens with zero attached hydrogens (tertiary/aromatic N) is 2. The minimum atomic E-state index is -3.74. The van der Waals surface area contributed by atoms with Crippen LogP contribution in [0.4, 0.5) is 5.69 Å². The lowest BCUT2D eigenvalue weighted by atomic mass is 10.3. The van der Waals surface area contributed by atoms with Gasteiger partial charge >= 0.3 is 0 Å². The molecule has 0 bridgehead atoms. The summed E-state index contributed by atoms with van der Waals surface area (Å²) in [6.07, 6.45) is -0.0955. The molecular weight excluding hydrogens is 343 g/mol. The van der Waals surface area contributed by atoms with E-state index in [0.717, 1.165) is 4.70 Å². The smallest absolute Gasteiger partial charge is 0.237 e. The summed E-state index contributed by atoms with van der Waals surface area (Å²) < 4.78 is 24.0. The van der Waals surface area contributed by atoms with Crippen molar-refractivity contribution < 1.29 is 13.2 Å². The number of amides is 1. The minimum absolute atomic E-state index is 0.0635. The van der Waals surface area contributed by atoms with Crippen molar-refractivity contribution in [2.45, 2.75) is 11.7 Å². The number of hydrogen-bond acceptors (Lipinski definition) is 5. The zero-order chi connectivity index (χ0) is 14.5. The van der Waals surface area contributed by atoms with Crippen molar-refractivity contribution in [3.8, 4) is 0 Å². The summed E-state index contributed by atoms with van der Waals surface area (Å²) in [5, 5.41) is -0.869. The third-order valence-corrected chi connectivity index (χ3v) is 6.15. The molecule has 3 rings (SSSR count). The Bertz CT molecular complexity index is 803. The number of carbonyl (C=O) groups excluding carboxylic acids is 1. The molecule has 1 unspecified atom stereocenters. The Morgan fingerprint density at radius 2 is 2.15 bits per heavy atom. The van der Waals surface area contributed by atoms with Crippen LogP contribution in [0.3, 0.4) is 0 Å². The van der Waals surface area contributed by atoms with Gasteiger partial charge in [0.25, 0.3) is 0 Å². The largest absolute Gasteiger partial charge is 0.311 e. The first-order valence-corrected chi connectivity index (χ1v) is 9.21. The van der Waals surface area contributed by atoms with E-state index in [4.69, 9.17) is 22.3 Å². The zero-order valence-electron chi connectivity index (χ0n) is 9.92. The van der Waals surface area contributed by atoms with Crippen molar-refractivity contribution in [2.24, 2.45) is 0 Å². The Morgan fingerprint density at radius 1 is 1.40 bits per heavy atom. The summed E-state index contributed by atoms with van der Waals surface area (Å²) in [5.74, 6) is -0.264. The Balaban J connectivity index is 1.97. The van der Waals surface area contributed by atoms with Gasteiger partial charge in [0.2, 0.25) is 15.0 Å². The molecule has 0 radical (unpaired) electrons. The highest BCUT2D eigenvalue weighted by Gasteiger charge is 2.38. The SMILES string of the molecule is O=C1CC(S(=O)(=O)Cl)CN1c1ccc2sc(Cl)nc2c1. The Kier molecular flexibility index (Phi) is 3.40. The van der Waals surface area contributed by atoms with Crippen LogP contribution in [0.25, 0.3) is 10.2 Å². The van der Waals surface area contributed by atoms with Gasteiger partial charge in [0.15, 0.2) is 4.47 Å². The summed E-state index contributed by atoms with van der Waals surface area (Å²) in [6.45, 7) is 0.0635. The molecule has 1 amide bonds. The fraction of sp³-hybridized carbons (Fsp3) is 0.273. The van der Waals surface area contributed by atoms with Crippen LogP contribution in [-0.4, -0.2) is 31.1 Å². The molecule has 1 atom stereocenters. The number of thiazole rings is 1. The average molecular weight is 351 g/mol. The average Bonchev–Trinajstić information content (AvgIpc) is 2.89. The third-order valence-electron chi connectivity index (χ3n) is 3.14. The molecule has 9 heteroatoms. The van der Waals surface area contributed by atoms with Gasteiger partial charge < -0.3 is 4.90 Å². The second kappa shape index (κ2) is 4.84. The lowest BCUT2D eigenvalue weighted by Gasteiger charge is -2.15. The van der Waals surface area contributed by atoms with Crippen molar-refractivity contribution in [2.75, 3.05) is 11.4 Å². The highest BCUT2D eigenvalue weighted by Crippen LogP contribution is 2.32. The van der Waals surface area contributed by atoms with Gasteiger partial charge in [0.1, 0.15) is 5.25 Å². The van der Waals surface area contributed by atoms with Crippen molar-refractivity contribution in [3.63, 3.8) is 0 Å². The molecule has 1 saturated heterocycles. The van der Waals surface area contributed by atoms with Gasteiger partial charge in [-0.15, -0.1) is 11.3 Å². The summed E-state index contributed by atoms with van der Waals surface area (Å²) in [5.41, 5.74) is 1.29. The van der Waals surface area contributed by atoms with Crippen LogP contribution in [0.2, 0.25) is 4.47 Å². The number of halogens is 2. The van der Waals surface area contributed by atoms with Gasteiger partial charge in [0, 0.05) is 29.3 Å². The lowest BCUT2D eigenvalue weighted by Crippen LogP contribution is -2.26. The molecule has 1 aliphatic rings. The van der Waals surface area contributed by atoms with Gasteiger partial charge in [-0.2, -0.15) is 0 Å². The molecule has 1 aliphatic heterocycles. The van der Waals surface area contributed by atoms with Crippen LogP contribution in [0.1, 0.15) is 6.42 Å². The molecule has 5 nitrogen and oxygen atoms in total. The third kappa shape index (κ3) is 2.50. The Labute approximate surface area is 128 Å². The van der Waals surface area contributed by atoms with Crippen LogP contribution in [0.5, 0.6) is 0 Å². The molecule has 0 N–H and O–H groups in total. The van der Waals surface area contributed by atoms with Gasteiger partial charge in [-0.05, 0) is 18.2 Å². The van der Waals surface area contributed by atoms with Crippen LogP contribution in [-0.2, 0) is 13.8 Å². The van der Waals surface area contributed by atoms with Crippen molar-refractivity contribution >= 4 is 64.5 Å². The van der Waals surface area contributed by atoms with E-state index in [1.165, 1.54) is 16.2 Å². The van der Waals surface area contributed by atoms with E-state index >= 15 is 0 Å². The zero-order valence-corrected chi connectivity index (χ0v) is 13.1. The first kappa shape index (κ1) is 14.1. The molecule has 2 heterocycles. The van der Waals surface area contributed by atoms with E-state index in [0.29, 0.717) is 15.7 Å². The van der Waals surface area contributed by atoms with Crippen molar-refractivity contribution in [3.05, 3.63) is 22.7 Å². The van der Waals surface area contributed by atoms with E-state index < -0.39 is 14.3 Å². The first-order valence-electron chi connectivity index (χ1n) is 5.64. The second-order valence-corrected chi connectivity index (χ2v) is 8.95. The number of fused-ring (bicyclic) bond motifs is 1. The van der Waals surface area contributed by atoms with Crippen molar-refractivity contribution in [1.82, 2.24) is 4.98 Å². The van der Waals surface area contributed by atoms with E-state index in [-0.39, 0.29) is 18.9 Å². The standard InChI is InChI=1S/C11H8Cl2N2O3S2/c12-11-14-8-3-6(1-2-9(8)19-11)15-5-7(4-10(15)16)20(13,17)18/h1-3,7H,4-5H2. The van der Waals surface area contributed by atoms with E-state index in [2.05, 4.69) is 4.98 Å². The van der Waals surface area contributed by atoms with Gasteiger partial charge in [-0.3, -0.25) is 4.79 Å². The quantitative estimate of drug-likeness (QED) is 0.780. The summed E-state index contributed by atoms with van der Waals surface area (Å²) >= 11 is 7.18. The Morgan fingerprint density at radius 3 is 2.80 bits per heavy atom. The number of anilines is 1. The molecule has 1 aromatic heterocycles. The maximum absolute atomic E-state index is 11.9. The predicted octanol–water partition coefficient (Wildman–Crippen LogP) is 2.62. The van der Waals surface area contributed by atoms with E-state index in [1.54, 1.807) is 12.1 Å². The van der Waals surface area contributed by atoms with E-state index in [9.17, 15) is 13.2 Å². The molecule has 0 saturated carbocycles. The number of rotatable bonds is 2. The first-order chi connectivity index (χ1) is 9.34. The second-order valence-electron chi connectivity index (χ2n) is 4.42. The highest BCUT2D eigenvalue weighted by atomic mass is 35.7. The number of benzene rings is 1. The predicted molar refractivity (Wildman–Crippen MR) is 80.2 cm³/mol. The molecule has 106 valence electrons. The summed E-state index contributed by atoms with van der Waals surface area (Å²) in [7, 11) is 1.58. The number of carbonyl (C=O) groups is 1. The van der Waals surface area contributed by atoms with Crippen LogP contribution in [0.15, 0.2) is 18.2 Å². The maximum atomic E-state index is 11.9. The lowest BCUT2D eigenvalue weighted by molar-refractivity contribution is -0.117. The van der Waals surface area contributed by atoms with Crippen LogP contribution in [0, 0.1) is 0 Å². The fourth-order valence-corrected chi connectivity index (χ4v) is 4.21. The normalized spacial score (nSPS) is 20.0. The molecule has 1 fully saturated rings. The summed E-state index contributed by atoms with van der Waals surface area (Å²) in [6, 6.07) is 5.28. The van der Waals surface area contributed by atoms with Crippen LogP contribution >= 0.6 is 33.6 Å². The minimum Gasteiger partial charge on any atom is -0.311 e. The molecule has 0 spiro atoms. The molecule has 1 aromatic carbocycles. The van der Waals surface area contributed by atoms with Crippen LogP contribution < -0.4 is 4.90 Å². The molecular formula is C11H8Cl2N2O3S2. The molecule has 20 heavy (non-hydrogen) atoms. The monoisotopic (exact) mass is 350 g/mol. The van der Waals surface area contributed by atoms with Crippen molar-refractivity contribution in [1.29, 1.82) is 0 Å². The Hall–Kier alpha value is -0.890. The number of aromatic nitrogens is 1. The van der Waals surface area contributed by atoms with E-state index in [1.807, 2.05) is 6.07 Å². The maximum Gasteiger partial charge on any atom is 0.237 e.